The molecule has 0 aliphatic carbocycles. The van der Waals surface area contributed by atoms with Gasteiger partial charge in [0.2, 0.25) is 10.0 Å². The van der Waals surface area contributed by atoms with Crippen molar-refractivity contribution in [1.82, 2.24) is 9.62 Å². The van der Waals surface area contributed by atoms with Crippen molar-refractivity contribution in [2.24, 2.45) is 0 Å². The second kappa shape index (κ2) is 7.17. The van der Waals surface area contributed by atoms with Crippen molar-refractivity contribution in [2.75, 3.05) is 32.0 Å². The van der Waals surface area contributed by atoms with Crippen molar-refractivity contribution in [1.29, 1.82) is 0 Å². The SMILES string of the molecule is CC1CN(S(=O)(=O)CCC2CCCCN2)CC(CO)O1. The third-order valence-corrected chi connectivity index (χ3v) is 5.86. The molecular formula is C13H26N2O4S. The van der Waals surface area contributed by atoms with E-state index in [9.17, 15) is 8.42 Å². The van der Waals surface area contributed by atoms with E-state index in [1.54, 1.807) is 0 Å². The van der Waals surface area contributed by atoms with Crippen LogP contribution in [0.25, 0.3) is 0 Å². The van der Waals surface area contributed by atoms with Gasteiger partial charge in [-0.25, -0.2) is 8.42 Å². The highest BCUT2D eigenvalue weighted by atomic mass is 32.2. The molecule has 2 fully saturated rings. The lowest BCUT2D eigenvalue weighted by atomic mass is 10.0. The van der Waals surface area contributed by atoms with E-state index in [1.807, 2.05) is 6.92 Å². The molecule has 0 spiro atoms. The van der Waals surface area contributed by atoms with E-state index in [4.69, 9.17) is 9.84 Å². The molecule has 20 heavy (non-hydrogen) atoms. The first-order valence-corrected chi connectivity index (χ1v) is 9.09. The number of aliphatic hydroxyl groups is 1. The molecule has 2 saturated heterocycles. The molecule has 2 heterocycles. The maximum absolute atomic E-state index is 12.4. The maximum atomic E-state index is 12.4. The second-order valence-corrected chi connectivity index (χ2v) is 7.91. The van der Waals surface area contributed by atoms with Gasteiger partial charge in [-0.3, -0.25) is 0 Å². The fourth-order valence-electron chi connectivity index (χ4n) is 2.92. The van der Waals surface area contributed by atoms with E-state index in [-0.39, 0.29) is 25.0 Å². The number of morpholine rings is 1. The third kappa shape index (κ3) is 4.39. The molecule has 3 atom stereocenters. The average Bonchev–Trinajstić information content (AvgIpc) is 2.45. The van der Waals surface area contributed by atoms with Gasteiger partial charge in [0.25, 0.3) is 0 Å². The summed E-state index contributed by atoms with van der Waals surface area (Å²) in [7, 11) is -3.26. The van der Waals surface area contributed by atoms with Gasteiger partial charge < -0.3 is 15.2 Å². The minimum atomic E-state index is -3.26. The van der Waals surface area contributed by atoms with Gasteiger partial charge in [-0.15, -0.1) is 0 Å². The number of aliphatic hydroxyl groups excluding tert-OH is 1. The molecular weight excluding hydrogens is 280 g/mol. The highest BCUT2D eigenvalue weighted by Gasteiger charge is 2.32. The molecule has 2 aliphatic heterocycles. The van der Waals surface area contributed by atoms with Gasteiger partial charge in [-0.2, -0.15) is 4.31 Å². The zero-order chi connectivity index (χ0) is 14.6. The number of nitrogens with zero attached hydrogens (tertiary/aromatic N) is 1. The summed E-state index contributed by atoms with van der Waals surface area (Å²) in [6, 6.07) is 0.325. The Balaban J connectivity index is 1.88. The average molecular weight is 306 g/mol. The lowest BCUT2D eigenvalue weighted by Gasteiger charge is -2.35. The minimum absolute atomic E-state index is 0.138. The fourth-order valence-corrected chi connectivity index (χ4v) is 4.59. The molecule has 0 aromatic heterocycles. The number of hydrogen-bond acceptors (Lipinski definition) is 5. The highest BCUT2D eigenvalue weighted by molar-refractivity contribution is 7.89. The standard InChI is InChI=1S/C13H26N2O4S/c1-11-8-15(9-13(10-16)19-11)20(17,18)7-5-12-4-2-3-6-14-12/h11-14,16H,2-10H2,1H3. The van der Waals surface area contributed by atoms with Crippen LogP contribution in [0, 0.1) is 0 Å². The maximum Gasteiger partial charge on any atom is 0.214 e. The first-order chi connectivity index (χ1) is 9.51. The quantitative estimate of drug-likeness (QED) is 0.743. The summed E-state index contributed by atoms with van der Waals surface area (Å²) in [5.74, 6) is 0.176. The Bertz CT molecular complexity index is 395. The molecule has 2 N–H and O–H groups in total. The Morgan fingerprint density at radius 3 is 2.80 bits per heavy atom. The topological polar surface area (TPSA) is 78.9 Å². The minimum Gasteiger partial charge on any atom is -0.394 e. The van der Waals surface area contributed by atoms with Crippen molar-refractivity contribution >= 4 is 10.0 Å². The van der Waals surface area contributed by atoms with Crippen LogP contribution < -0.4 is 5.32 Å². The van der Waals surface area contributed by atoms with Crippen LogP contribution in [0.5, 0.6) is 0 Å². The van der Waals surface area contributed by atoms with Gasteiger partial charge in [0.1, 0.15) is 0 Å². The van der Waals surface area contributed by atoms with Gasteiger partial charge in [-0.05, 0) is 32.7 Å². The Morgan fingerprint density at radius 2 is 2.15 bits per heavy atom. The van der Waals surface area contributed by atoms with Gasteiger partial charge in [0, 0.05) is 19.1 Å². The molecule has 3 unspecified atom stereocenters. The van der Waals surface area contributed by atoms with Gasteiger partial charge in [0.05, 0.1) is 24.6 Å². The largest absolute Gasteiger partial charge is 0.394 e. The number of sulfonamides is 1. The van der Waals surface area contributed by atoms with Crippen molar-refractivity contribution in [3.63, 3.8) is 0 Å². The van der Waals surface area contributed by atoms with Crippen LogP contribution >= 0.6 is 0 Å². The molecule has 2 aliphatic rings. The highest BCUT2D eigenvalue weighted by Crippen LogP contribution is 2.17. The lowest BCUT2D eigenvalue weighted by molar-refractivity contribution is -0.0750. The van der Waals surface area contributed by atoms with Crippen LogP contribution in [0.2, 0.25) is 0 Å². The summed E-state index contributed by atoms with van der Waals surface area (Å²) >= 11 is 0. The van der Waals surface area contributed by atoms with Crippen LogP contribution in [0.15, 0.2) is 0 Å². The fraction of sp³-hybridized carbons (Fsp3) is 1.00. The molecule has 0 amide bonds. The van der Waals surface area contributed by atoms with Crippen LogP contribution in [-0.4, -0.2) is 68.1 Å². The van der Waals surface area contributed by atoms with E-state index < -0.39 is 16.1 Å². The van der Waals surface area contributed by atoms with Crippen molar-refractivity contribution in [3.05, 3.63) is 0 Å². The summed E-state index contributed by atoms with van der Waals surface area (Å²) < 4.78 is 31.8. The van der Waals surface area contributed by atoms with Crippen LogP contribution in [0.4, 0.5) is 0 Å². The molecule has 2 rings (SSSR count). The van der Waals surface area contributed by atoms with Crippen LogP contribution in [0.1, 0.15) is 32.6 Å². The number of nitrogens with one attached hydrogen (secondary N) is 1. The molecule has 0 radical (unpaired) electrons. The van der Waals surface area contributed by atoms with Crippen molar-refractivity contribution in [2.45, 2.75) is 50.9 Å². The molecule has 7 heteroatoms. The first kappa shape index (κ1) is 16.2. The normalized spacial score (nSPS) is 33.2. The molecule has 0 bridgehead atoms. The molecule has 118 valence electrons. The zero-order valence-electron chi connectivity index (χ0n) is 12.1. The van der Waals surface area contributed by atoms with Crippen molar-refractivity contribution < 1.29 is 18.3 Å². The zero-order valence-corrected chi connectivity index (χ0v) is 12.9. The Kier molecular flexibility index (Phi) is 5.80. The number of hydrogen-bond donors (Lipinski definition) is 2. The summed E-state index contributed by atoms with van der Waals surface area (Å²) in [4.78, 5) is 0. The van der Waals surface area contributed by atoms with Gasteiger partial charge >= 0.3 is 0 Å². The van der Waals surface area contributed by atoms with E-state index in [1.165, 1.54) is 17.1 Å². The molecule has 0 aromatic rings. The smallest absolute Gasteiger partial charge is 0.214 e. The van der Waals surface area contributed by atoms with E-state index >= 15 is 0 Å². The third-order valence-electron chi connectivity index (χ3n) is 4.03. The van der Waals surface area contributed by atoms with E-state index in [0.717, 1.165) is 13.0 Å². The van der Waals surface area contributed by atoms with E-state index in [0.29, 0.717) is 19.0 Å². The van der Waals surface area contributed by atoms with E-state index in [2.05, 4.69) is 5.32 Å². The first-order valence-electron chi connectivity index (χ1n) is 7.49. The Labute approximate surface area is 121 Å². The molecule has 0 aromatic carbocycles. The monoisotopic (exact) mass is 306 g/mol. The second-order valence-electron chi connectivity index (χ2n) is 5.82. The van der Waals surface area contributed by atoms with Crippen LogP contribution in [-0.2, 0) is 14.8 Å². The number of ether oxygens (including phenoxy) is 1. The number of rotatable bonds is 5. The predicted octanol–water partition coefficient (Wildman–Crippen LogP) is -0.0700. The Morgan fingerprint density at radius 1 is 1.35 bits per heavy atom. The molecule has 6 nitrogen and oxygen atoms in total. The molecule has 0 saturated carbocycles. The number of piperidine rings is 1. The summed E-state index contributed by atoms with van der Waals surface area (Å²) in [5.41, 5.74) is 0. The van der Waals surface area contributed by atoms with Crippen molar-refractivity contribution in [3.8, 4) is 0 Å². The van der Waals surface area contributed by atoms with Gasteiger partial charge in [-0.1, -0.05) is 6.42 Å². The Hall–Kier alpha value is -0.210. The predicted molar refractivity (Wildman–Crippen MR) is 77.0 cm³/mol. The van der Waals surface area contributed by atoms with Gasteiger partial charge in [0.15, 0.2) is 0 Å². The summed E-state index contributed by atoms with van der Waals surface area (Å²) in [5, 5.41) is 12.5. The van der Waals surface area contributed by atoms with Crippen LogP contribution in [0.3, 0.4) is 0 Å². The lowest BCUT2D eigenvalue weighted by Crippen LogP contribution is -2.51. The summed E-state index contributed by atoms with van der Waals surface area (Å²) in [6.45, 7) is 3.34. The summed E-state index contributed by atoms with van der Waals surface area (Å²) in [6.07, 6.45) is 3.53.